The molecule has 0 spiro atoms. The zero-order valence-corrected chi connectivity index (χ0v) is 18.3. The van der Waals surface area contributed by atoms with Gasteiger partial charge in [0, 0.05) is 32.8 Å². The number of benzene rings is 2. The van der Waals surface area contributed by atoms with E-state index >= 15 is 0 Å². The van der Waals surface area contributed by atoms with Crippen LogP contribution >= 0.6 is 23.2 Å². The minimum Gasteiger partial charge on any atom is -0.340 e. The van der Waals surface area contributed by atoms with Crippen LogP contribution < -0.4 is 5.32 Å². The molecule has 0 aliphatic carbocycles. The lowest BCUT2D eigenvalue weighted by atomic mass is 9.92. The summed E-state index contributed by atoms with van der Waals surface area (Å²) in [5.41, 5.74) is 5.50. The lowest BCUT2D eigenvalue weighted by Crippen LogP contribution is -2.16. The third kappa shape index (κ3) is 3.96. The van der Waals surface area contributed by atoms with Crippen LogP contribution in [-0.2, 0) is 5.41 Å². The Labute approximate surface area is 180 Å². The molecule has 4 nitrogen and oxygen atoms in total. The monoisotopic (exact) mass is 424 g/mol. The molecule has 1 N–H and O–H groups in total. The van der Waals surface area contributed by atoms with Crippen molar-refractivity contribution in [3.05, 3.63) is 76.0 Å². The quantitative estimate of drug-likeness (QED) is 0.382. The molecule has 4 aromatic rings. The van der Waals surface area contributed by atoms with E-state index in [4.69, 9.17) is 33.3 Å². The van der Waals surface area contributed by atoms with Crippen LogP contribution in [0.1, 0.15) is 32.2 Å². The second-order valence-corrected chi connectivity index (χ2v) is 8.99. The Kier molecular flexibility index (Phi) is 5.01. The third-order valence-corrected chi connectivity index (χ3v) is 5.17. The van der Waals surface area contributed by atoms with Gasteiger partial charge < -0.3 is 5.32 Å². The molecule has 0 atom stereocenters. The number of rotatable bonds is 3. The van der Waals surface area contributed by atoms with Gasteiger partial charge in [-0.3, -0.25) is 0 Å². The van der Waals surface area contributed by atoms with Gasteiger partial charge in [0.2, 0.25) is 0 Å². The standard InChI is InChI=1S/C23H22Cl2N4/c1-14-21(15-8-6-5-7-9-15)22-27-19(23(2,3)4)13-20(29(22)28-14)26-18-11-16(24)10-17(25)12-18/h5-13,26H,1-4H3. The lowest BCUT2D eigenvalue weighted by Gasteiger charge is -2.20. The van der Waals surface area contributed by atoms with E-state index in [0.29, 0.717) is 10.0 Å². The first kappa shape index (κ1) is 19.7. The summed E-state index contributed by atoms with van der Waals surface area (Å²) in [6, 6.07) is 17.6. The van der Waals surface area contributed by atoms with Crippen LogP contribution in [0, 0.1) is 6.92 Å². The molecule has 0 bridgehead atoms. The summed E-state index contributed by atoms with van der Waals surface area (Å²) in [7, 11) is 0. The molecule has 0 radical (unpaired) electrons. The van der Waals surface area contributed by atoms with Gasteiger partial charge in [-0.05, 0) is 30.7 Å². The van der Waals surface area contributed by atoms with E-state index in [9.17, 15) is 0 Å². The predicted octanol–water partition coefficient (Wildman–Crippen LogP) is 7.05. The highest BCUT2D eigenvalue weighted by Crippen LogP contribution is 2.33. The molecule has 0 aliphatic heterocycles. The van der Waals surface area contributed by atoms with Crippen LogP contribution in [0.2, 0.25) is 10.0 Å². The van der Waals surface area contributed by atoms with Crippen molar-refractivity contribution in [2.45, 2.75) is 33.1 Å². The predicted molar refractivity (Wildman–Crippen MR) is 122 cm³/mol. The SMILES string of the molecule is Cc1nn2c(Nc3cc(Cl)cc(Cl)c3)cc(C(C)(C)C)nc2c1-c1ccccc1. The highest BCUT2D eigenvalue weighted by atomic mass is 35.5. The Morgan fingerprint density at radius 1 is 0.931 bits per heavy atom. The molecular formula is C23H22Cl2N4. The second-order valence-electron chi connectivity index (χ2n) is 8.12. The number of hydrogen-bond donors (Lipinski definition) is 1. The van der Waals surface area contributed by atoms with Gasteiger partial charge in [0.15, 0.2) is 5.65 Å². The first-order chi connectivity index (χ1) is 13.7. The molecule has 148 valence electrons. The maximum atomic E-state index is 6.19. The summed E-state index contributed by atoms with van der Waals surface area (Å²) < 4.78 is 1.85. The minimum atomic E-state index is -0.129. The Balaban J connectivity index is 1.96. The lowest BCUT2D eigenvalue weighted by molar-refractivity contribution is 0.569. The average molecular weight is 425 g/mol. The van der Waals surface area contributed by atoms with E-state index < -0.39 is 0 Å². The smallest absolute Gasteiger partial charge is 0.165 e. The van der Waals surface area contributed by atoms with Crippen molar-refractivity contribution in [3.63, 3.8) is 0 Å². The molecule has 0 unspecified atom stereocenters. The van der Waals surface area contributed by atoms with Gasteiger partial charge in [0.25, 0.3) is 0 Å². The fraction of sp³-hybridized carbons (Fsp3) is 0.217. The van der Waals surface area contributed by atoms with E-state index in [2.05, 4.69) is 38.2 Å². The fourth-order valence-electron chi connectivity index (χ4n) is 3.31. The Bertz CT molecular complexity index is 1170. The van der Waals surface area contributed by atoms with Gasteiger partial charge in [0.1, 0.15) is 5.82 Å². The van der Waals surface area contributed by atoms with Crippen molar-refractivity contribution in [2.75, 3.05) is 5.32 Å². The fourth-order valence-corrected chi connectivity index (χ4v) is 3.84. The van der Waals surface area contributed by atoms with Gasteiger partial charge in [-0.15, -0.1) is 0 Å². The average Bonchev–Trinajstić information content (AvgIpc) is 2.97. The summed E-state index contributed by atoms with van der Waals surface area (Å²) in [4.78, 5) is 4.99. The summed E-state index contributed by atoms with van der Waals surface area (Å²) in [5.74, 6) is 0.809. The van der Waals surface area contributed by atoms with Gasteiger partial charge >= 0.3 is 0 Å². The topological polar surface area (TPSA) is 42.2 Å². The summed E-state index contributed by atoms with van der Waals surface area (Å²) in [5, 5.41) is 9.35. The van der Waals surface area contributed by atoms with Crippen molar-refractivity contribution in [1.29, 1.82) is 0 Å². The summed E-state index contributed by atoms with van der Waals surface area (Å²) in [6.45, 7) is 8.46. The maximum Gasteiger partial charge on any atom is 0.165 e. The summed E-state index contributed by atoms with van der Waals surface area (Å²) >= 11 is 12.4. The molecule has 2 aromatic heterocycles. The normalized spacial score (nSPS) is 11.8. The van der Waals surface area contributed by atoms with E-state index in [-0.39, 0.29) is 5.41 Å². The molecule has 0 saturated heterocycles. The van der Waals surface area contributed by atoms with Crippen LogP contribution in [-0.4, -0.2) is 14.6 Å². The van der Waals surface area contributed by atoms with Crippen LogP contribution in [0.5, 0.6) is 0 Å². The number of anilines is 2. The van der Waals surface area contributed by atoms with Gasteiger partial charge in [-0.25, -0.2) is 4.98 Å². The third-order valence-electron chi connectivity index (χ3n) is 4.73. The first-order valence-electron chi connectivity index (χ1n) is 9.42. The highest BCUT2D eigenvalue weighted by Gasteiger charge is 2.22. The van der Waals surface area contributed by atoms with E-state index in [1.54, 1.807) is 6.07 Å². The summed E-state index contributed by atoms with van der Waals surface area (Å²) in [6.07, 6.45) is 0. The zero-order valence-electron chi connectivity index (χ0n) is 16.8. The van der Waals surface area contributed by atoms with Gasteiger partial charge in [0.05, 0.1) is 11.4 Å². The van der Waals surface area contributed by atoms with Crippen molar-refractivity contribution in [2.24, 2.45) is 0 Å². The van der Waals surface area contributed by atoms with Crippen molar-refractivity contribution < 1.29 is 0 Å². The van der Waals surface area contributed by atoms with Gasteiger partial charge in [-0.1, -0.05) is 74.3 Å². The number of hydrogen-bond acceptors (Lipinski definition) is 3. The largest absolute Gasteiger partial charge is 0.340 e. The number of nitrogens with one attached hydrogen (secondary N) is 1. The van der Waals surface area contributed by atoms with Crippen LogP contribution in [0.3, 0.4) is 0 Å². The number of halogens is 2. The Morgan fingerprint density at radius 3 is 2.21 bits per heavy atom. The van der Waals surface area contributed by atoms with Crippen LogP contribution in [0.15, 0.2) is 54.6 Å². The van der Waals surface area contributed by atoms with Gasteiger partial charge in [-0.2, -0.15) is 9.61 Å². The molecule has 6 heteroatoms. The van der Waals surface area contributed by atoms with Crippen LogP contribution in [0.4, 0.5) is 11.5 Å². The molecule has 0 amide bonds. The maximum absolute atomic E-state index is 6.19. The molecule has 0 aliphatic rings. The van der Waals surface area contributed by atoms with Crippen molar-refractivity contribution in [3.8, 4) is 11.1 Å². The minimum absolute atomic E-state index is 0.129. The first-order valence-corrected chi connectivity index (χ1v) is 10.2. The number of fused-ring (bicyclic) bond motifs is 1. The molecule has 2 heterocycles. The van der Waals surface area contributed by atoms with Crippen molar-refractivity contribution >= 4 is 40.4 Å². The number of aryl methyl sites for hydroxylation is 1. The zero-order chi connectivity index (χ0) is 20.8. The Hall–Kier alpha value is -2.56. The van der Waals surface area contributed by atoms with Crippen LogP contribution in [0.25, 0.3) is 16.8 Å². The molecule has 0 fully saturated rings. The number of nitrogens with zero attached hydrogens (tertiary/aromatic N) is 3. The molecular weight excluding hydrogens is 403 g/mol. The molecule has 4 rings (SSSR count). The molecule has 2 aromatic carbocycles. The van der Waals surface area contributed by atoms with E-state index in [1.807, 2.05) is 47.8 Å². The Morgan fingerprint density at radius 2 is 1.59 bits per heavy atom. The number of aromatic nitrogens is 3. The highest BCUT2D eigenvalue weighted by molar-refractivity contribution is 6.35. The molecule has 0 saturated carbocycles. The van der Waals surface area contributed by atoms with Crippen molar-refractivity contribution in [1.82, 2.24) is 14.6 Å². The second kappa shape index (κ2) is 7.36. The molecule has 29 heavy (non-hydrogen) atoms. The van der Waals surface area contributed by atoms with E-state index in [1.165, 1.54) is 0 Å². The van der Waals surface area contributed by atoms with E-state index in [0.717, 1.165) is 39.7 Å².